The summed E-state index contributed by atoms with van der Waals surface area (Å²) in [5.41, 5.74) is 0. The zero-order valence-corrected chi connectivity index (χ0v) is 8.95. The quantitative estimate of drug-likeness (QED) is 0.436. The Bertz CT molecular complexity index is 228. The van der Waals surface area contributed by atoms with Gasteiger partial charge in [-0.1, -0.05) is 42.9 Å². The van der Waals surface area contributed by atoms with Gasteiger partial charge in [-0.3, -0.25) is 0 Å². The second-order valence-corrected chi connectivity index (χ2v) is 3.10. The molecule has 0 fully saturated rings. The molecule has 0 bridgehead atoms. The first kappa shape index (κ1) is 12.7. The van der Waals surface area contributed by atoms with Crippen molar-refractivity contribution in [3.05, 3.63) is 36.5 Å². The van der Waals surface area contributed by atoms with E-state index in [0.29, 0.717) is 6.42 Å². The fraction of sp³-hybridized carbons (Fsp3) is 0.462. The van der Waals surface area contributed by atoms with Crippen molar-refractivity contribution in [2.45, 2.75) is 39.0 Å². The lowest BCUT2D eigenvalue weighted by Crippen LogP contribution is -1.74. The standard InChI is InChI=1S/C13H19N/c1-2-3-4-5-6-7-8-9-10-11-12-13-14/h2-7H,8-12H2,1H3/b3-2+,5-4+,7-6+. The van der Waals surface area contributed by atoms with E-state index >= 15 is 0 Å². The van der Waals surface area contributed by atoms with Gasteiger partial charge in [0.05, 0.1) is 6.07 Å². The van der Waals surface area contributed by atoms with Crippen LogP contribution in [0.25, 0.3) is 0 Å². The van der Waals surface area contributed by atoms with Crippen molar-refractivity contribution in [2.24, 2.45) is 0 Å². The Hall–Kier alpha value is -1.29. The average molecular weight is 189 g/mol. The van der Waals surface area contributed by atoms with Crippen molar-refractivity contribution >= 4 is 0 Å². The van der Waals surface area contributed by atoms with E-state index in [2.05, 4.69) is 18.2 Å². The van der Waals surface area contributed by atoms with Gasteiger partial charge < -0.3 is 0 Å². The third-order valence-electron chi connectivity index (χ3n) is 1.82. The van der Waals surface area contributed by atoms with Gasteiger partial charge in [0.15, 0.2) is 0 Å². The number of allylic oxidation sites excluding steroid dienone is 6. The molecule has 0 spiro atoms. The molecule has 0 heterocycles. The molecule has 0 atom stereocenters. The molecule has 76 valence electrons. The van der Waals surface area contributed by atoms with Crippen molar-refractivity contribution in [1.29, 1.82) is 5.26 Å². The van der Waals surface area contributed by atoms with Crippen LogP contribution < -0.4 is 0 Å². The SMILES string of the molecule is C/C=C/C=C/C=C/CCCCCC#N. The zero-order chi connectivity index (χ0) is 10.5. The van der Waals surface area contributed by atoms with Crippen LogP contribution in [-0.2, 0) is 0 Å². The van der Waals surface area contributed by atoms with E-state index in [1.54, 1.807) is 0 Å². The molecule has 0 aromatic carbocycles. The number of hydrogen-bond donors (Lipinski definition) is 0. The van der Waals surface area contributed by atoms with E-state index in [9.17, 15) is 0 Å². The van der Waals surface area contributed by atoms with Crippen LogP contribution in [0.5, 0.6) is 0 Å². The Labute approximate surface area is 87.4 Å². The fourth-order valence-corrected chi connectivity index (χ4v) is 1.06. The predicted molar refractivity (Wildman–Crippen MR) is 61.8 cm³/mol. The lowest BCUT2D eigenvalue weighted by atomic mass is 10.1. The summed E-state index contributed by atoms with van der Waals surface area (Å²) < 4.78 is 0. The average Bonchev–Trinajstić information content (AvgIpc) is 2.21. The van der Waals surface area contributed by atoms with Gasteiger partial charge in [-0.15, -0.1) is 0 Å². The molecular weight excluding hydrogens is 170 g/mol. The van der Waals surface area contributed by atoms with Crippen LogP contribution >= 0.6 is 0 Å². The van der Waals surface area contributed by atoms with E-state index in [4.69, 9.17) is 5.26 Å². The molecule has 0 aromatic heterocycles. The second-order valence-electron chi connectivity index (χ2n) is 3.10. The number of rotatable bonds is 7. The molecule has 0 radical (unpaired) electrons. The summed E-state index contributed by atoms with van der Waals surface area (Å²) in [6.45, 7) is 2.00. The zero-order valence-electron chi connectivity index (χ0n) is 8.95. The molecule has 0 aromatic rings. The highest BCUT2D eigenvalue weighted by Gasteiger charge is 1.85. The smallest absolute Gasteiger partial charge is 0.0621 e. The maximum absolute atomic E-state index is 8.31. The molecule has 14 heavy (non-hydrogen) atoms. The molecular formula is C13H19N. The highest BCUT2D eigenvalue weighted by Crippen LogP contribution is 2.02. The highest BCUT2D eigenvalue weighted by molar-refractivity contribution is 5.10. The third kappa shape index (κ3) is 10.7. The summed E-state index contributed by atoms with van der Waals surface area (Å²) in [5.74, 6) is 0. The molecule has 0 aliphatic heterocycles. The van der Waals surface area contributed by atoms with Crippen LogP contribution in [0.2, 0.25) is 0 Å². The van der Waals surface area contributed by atoms with Crippen LogP contribution in [0, 0.1) is 11.3 Å². The number of unbranched alkanes of at least 4 members (excludes halogenated alkanes) is 4. The molecule has 0 saturated heterocycles. The first-order valence-corrected chi connectivity index (χ1v) is 5.23. The van der Waals surface area contributed by atoms with Gasteiger partial charge in [0.1, 0.15) is 0 Å². The van der Waals surface area contributed by atoms with Gasteiger partial charge in [-0.25, -0.2) is 0 Å². The number of nitrogens with zero attached hydrogens (tertiary/aromatic N) is 1. The van der Waals surface area contributed by atoms with Gasteiger partial charge >= 0.3 is 0 Å². The van der Waals surface area contributed by atoms with Crippen molar-refractivity contribution in [3.63, 3.8) is 0 Å². The number of hydrogen-bond acceptors (Lipinski definition) is 1. The van der Waals surface area contributed by atoms with Gasteiger partial charge in [-0.2, -0.15) is 5.26 Å². The fourth-order valence-electron chi connectivity index (χ4n) is 1.06. The van der Waals surface area contributed by atoms with Crippen LogP contribution in [0.3, 0.4) is 0 Å². The Balaban J connectivity index is 3.23. The van der Waals surface area contributed by atoms with Gasteiger partial charge in [-0.05, 0) is 26.2 Å². The first-order chi connectivity index (χ1) is 6.91. The van der Waals surface area contributed by atoms with Crippen molar-refractivity contribution < 1.29 is 0 Å². The Morgan fingerprint density at radius 1 is 1.00 bits per heavy atom. The molecule has 0 amide bonds. The summed E-state index contributed by atoms with van der Waals surface area (Å²) >= 11 is 0. The maximum Gasteiger partial charge on any atom is 0.0621 e. The Morgan fingerprint density at radius 2 is 1.79 bits per heavy atom. The summed E-state index contributed by atoms with van der Waals surface area (Å²) in [6, 6.07) is 2.16. The highest BCUT2D eigenvalue weighted by atomic mass is 14.2. The second kappa shape index (κ2) is 11.7. The third-order valence-corrected chi connectivity index (χ3v) is 1.82. The minimum Gasteiger partial charge on any atom is -0.198 e. The molecule has 1 nitrogen and oxygen atoms in total. The summed E-state index contributed by atoms with van der Waals surface area (Å²) in [4.78, 5) is 0. The van der Waals surface area contributed by atoms with Crippen molar-refractivity contribution in [1.82, 2.24) is 0 Å². The van der Waals surface area contributed by atoms with E-state index < -0.39 is 0 Å². The molecule has 0 N–H and O–H groups in total. The van der Waals surface area contributed by atoms with E-state index in [-0.39, 0.29) is 0 Å². The topological polar surface area (TPSA) is 23.8 Å². The van der Waals surface area contributed by atoms with Crippen LogP contribution in [0.1, 0.15) is 39.0 Å². The summed E-state index contributed by atoms with van der Waals surface area (Å²) in [6.07, 6.45) is 17.5. The summed E-state index contributed by atoms with van der Waals surface area (Å²) in [5, 5.41) is 8.31. The van der Waals surface area contributed by atoms with Gasteiger partial charge in [0.2, 0.25) is 0 Å². The lowest BCUT2D eigenvalue weighted by molar-refractivity contribution is 0.700. The Kier molecular flexibility index (Phi) is 10.6. The van der Waals surface area contributed by atoms with E-state index in [1.165, 1.54) is 6.42 Å². The molecule has 1 heteroatoms. The molecule has 0 saturated carbocycles. The van der Waals surface area contributed by atoms with E-state index in [0.717, 1.165) is 19.3 Å². The monoisotopic (exact) mass is 189 g/mol. The Morgan fingerprint density at radius 3 is 2.50 bits per heavy atom. The number of nitriles is 1. The maximum atomic E-state index is 8.31. The van der Waals surface area contributed by atoms with Crippen molar-refractivity contribution in [2.75, 3.05) is 0 Å². The van der Waals surface area contributed by atoms with E-state index in [1.807, 2.05) is 31.2 Å². The predicted octanol–water partition coefficient (Wildman–Crippen LogP) is 4.15. The molecule has 0 aliphatic carbocycles. The van der Waals surface area contributed by atoms with Gasteiger partial charge in [0, 0.05) is 6.42 Å². The summed E-state index contributed by atoms with van der Waals surface area (Å²) in [7, 11) is 0. The van der Waals surface area contributed by atoms with Crippen molar-refractivity contribution in [3.8, 4) is 6.07 Å². The molecule has 0 aliphatic rings. The molecule has 0 rings (SSSR count). The van der Waals surface area contributed by atoms with Crippen LogP contribution in [0.15, 0.2) is 36.5 Å². The largest absolute Gasteiger partial charge is 0.198 e. The lowest BCUT2D eigenvalue weighted by Gasteiger charge is -1.91. The minimum atomic E-state index is 0.699. The van der Waals surface area contributed by atoms with Crippen LogP contribution in [-0.4, -0.2) is 0 Å². The van der Waals surface area contributed by atoms with Gasteiger partial charge in [0.25, 0.3) is 0 Å². The molecule has 0 unspecified atom stereocenters. The first-order valence-electron chi connectivity index (χ1n) is 5.23. The minimum absolute atomic E-state index is 0.699. The normalized spacial score (nSPS) is 11.7. The van der Waals surface area contributed by atoms with Crippen LogP contribution in [0.4, 0.5) is 0 Å².